The largest absolute Gasteiger partial charge is 0.350 e. The van der Waals surface area contributed by atoms with Crippen LogP contribution in [0, 0.1) is 17.2 Å². The Hall–Kier alpha value is -0.860. The minimum atomic E-state index is -0.585. The van der Waals surface area contributed by atoms with E-state index in [0.29, 0.717) is 6.54 Å². The summed E-state index contributed by atoms with van der Waals surface area (Å²) in [5.74, 6) is -0.810. The van der Waals surface area contributed by atoms with E-state index in [1.807, 2.05) is 17.5 Å². The van der Waals surface area contributed by atoms with Crippen LogP contribution >= 0.6 is 27.3 Å². The predicted octanol–water partition coefficient (Wildman–Crippen LogP) is 2.29. The van der Waals surface area contributed by atoms with E-state index in [2.05, 4.69) is 21.2 Å². The summed E-state index contributed by atoms with van der Waals surface area (Å²) < 4.78 is 1.01. The Labute approximate surface area is 94.9 Å². The lowest BCUT2D eigenvalue weighted by atomic mass is 10.2. The number of amides is 1. The molecule has 1 amide bonds. The fourth-order valence-electron chi connectivity index (χ4n) is 0.832. The molecule has 0 fully saturated rings. The van der Waals surface area contributed by atoms with Gasteiger partial charge < -0.3 is 5.32 Å². The Morgan fingerprint density at radius 2 is 2.57 bits per heavy atom. The monoisotopic (exact) mass is 272 g/mol. The smallest absolute Gasteiger partial charge is 0.237 e. The summed E-state index contributed by atoms with van der Waals surface area (Å²) in [6, 6.07) is 3.83. The molecular weight excluding hydrogens is 264 g/mol. The Kier molecular flexibility index (Phi) is 4.11. The number of nitriles is 1. The van der Waals surface area contributed by atoms with Crippen LogP contribution in [0.25, 0.3) is 0 Å². The van der Waals surface area contributed by atoms with Crippen molar-refractivity contribution in [2.75, 3.05) is 0 Å². The molecule has 1 heterocycles. The highest BCUT2D eigenvalue weighted by atomic mass is 79.9. The minimum absolute atomic E-state index is 0.225. The molecule has 3 nitrogen and oxygen atoms in total. The molecule has 5 heteroatoms. The van der Waals surface area contributed by atoms with Crippen LogP contribution in [-0.2, 0) is 11.3 Å². The van der Waals surface area contributed by atoms with Gasteiger partial charge in [0.15, 0.2) is 0 Å². The minimum Gasteiger partial charge on any atom is -0.350 e. The van der Waals surface area contributed by atoms with Gasteiger partial charge in [-0.3, -0.25) is 4.79 Å². The van der Waals surface area contributed by atoms with Gasteiger partial charge in [0.05, 0.1) is 12.6 Å². The van der Waals surface area contributed by atoms with Gasteiger partial charge in [-0.15, -0.1) is 11.3 Å². The van der Waals surface area contributed by atoms with E-state index in [1.54, 1.807) is 18.3 Å². The molecule has 1 unspecified atom stereocenters. The van der Waals surface area contributed by atoms with Crippen molar-refractivity contribution >= 4 is 33.2 Å². The fraction of sp³-hybridized carbons (Fsp3) is 0.333. The number of carbonyl (C=O) groups excluding carboxylic acids is 1. The maximum Gasteiger partial charge on any atom is 0.237 e. The molecular formula is C9H9BrN2OS. The van der Waals surface area contributed by atoms with Gasteiger partial charge in [-0.05, 0) is 28.9 Å². The van der Waals surface area contributed by atoms with Gasteiger partial charge in [-0.2, -0.15) is 5.26 Å². The molecule has 1 aromatic heterocycles. The third-order valence-electron chi connectivity index (χ3n) is 1.65. The normalized spacial score (nSPS) is 11.8. The maximum atomic E-state index is 11.2. The van der Waals surface area contributed by atoms with Gasteiger partial charge in [-0.1, -0.05) is 0 Å². The van der Waals surface area contributed by atoms with Crippen LogP contribution in [0.5, 0.6) is 0 Å². The molecule has 0 aliphatic heterocycles. The number of hydrogen-bond acceptors (Lipinski definition) is 3. The lowest BCUT2D eigenvalue weighted by Gasteiger charge is -2.03. The van der Waals surface area contributed by atoms with Crippen LogP contribution in [-0.4, -0.2) is 5.91 Å². The van der Waals surface area contributed by atoms with Crippen LogP contribution in [0.4, 0.5) is 0 Å². The van der Waals surface area contributed by atoms with Crippen LogP contribution in [0.2, 0.25) is 0 Å². The lowest BCUT2D eigenvalue weighted by molar-refractivity contribution is -0.123. The maximum absolute atomic E-state index is 11.2. The molecule has 1 atom stereocenters. The summed E-state index contributed by atoms with van der Waals surface area (Å²) in [5.41, 5.74) is 0. The van der Waals surface area contributed by atoms with E-state index in [1.165, 1.54) is 0 Å². The molecule has 14 heavy (non-hydrogen) atoms. The topological polar surface area (TPSA) is 52.9 Å². The van der Waals surface area contributed by atoms with E-state index in [9.17, 15) is 4.79 Å². The highest BCUT2D eigenvalue weighted by molar-refractivity contribution is 9.10. The molecule has 1 aromatic rings. The Bertz CT molecular complexity index is 369. The van der Waals surface area contributed by atoms with Gasteiger partial charge in [0, 0.05) is 14.7 Å². The Morgan fingerprint density at radius 1 is 1.86 bits per heavy atom. The zero-order chi connectivity index (χ0) is 10.6. The zero-order valence-electron chi connectivity index (χ0n) is 7.58. The molecule has 1 N–H and O–H groups in total. The quantitative estimate of drug-likeness (QED) is 0.918. The summed E-state index contributed by atoms with van der Waals surface area (Å²) >= 11 is 4.89. The molecule has 0 saturated heterocycles. The number of nitrogens with zero attached hydrogens (tertiary/aromatic N) is 1. The van der Waals surface area contributed by atoms with Crippen molar-refractivity contribution in [1.29, 1.82) is 5.26 Å². The first kappa shape index (κ1) is 11.2. The second-order valence-corrected chi connectivity index (χ2v) is 4.71. The van der Waals surface area contributed by atoms with Crippen molar-refractivity contribution in [2.24, 2.45) is 5.92 Å². The molecule has 0 bridgehead atoms. The molecule has 0 saturated carbocycles. The van der Waals surface area contributed by atoms with Crippen molar-refractivity contribution in [3.8, 4) is 6.07 Å². The second-order valence-electron chi connectivity index (χ2n) is 2.80. The van der Waals surface area contributed by atoms with E-state index in [-0.39, 0.29) is 5.91 Å². The number of hydrogen-bond donors (Lipinski definition) is 1. The van der Waals surface area contributed by atoms with Crippen LogP contribution in [0.3, 0.4) is 0 Å². The average Bonchev–Trinajstić information content (AvgIpc) is 2.59. The van der Waals surface area contributed by atoms with E-state index >= 15 is 0 Å². The van der Waals surface area contributed by atoms with Gasteiger partial charge in [0.1, 0.15) is 5.92 Å². The molecule has 0 spiro atoms. The third-order valence-corrected chi connectivity index (χ3v) is 3.34. The number of nitrogens with one attached hydrogen (secondary N) is 1. The number of halogens is 1. The Balaban J connectivity index is 2.42. The van der Waals surface area contributed by atoms with Crippen molar-refractivity contribution in [2.45, 2.75) is 13.5 Å². The van der Waals surface area contributed by atoms with Gasteiger partial charge in [0.2, 0.25) is 5.91 Å². The van der Waals surface area contributed by atoms with E-state index in [4.69, 9.17) is 5.26 Å². The summed E-state index contributed by atoms with van der Waals surface area (Å²) in [7, 11) is 0. The van der Waals surface area contributed by atoms with E-state index in [0.717, 1.165) is 9.35 Å². The van der Waals surface area contributed by atoms with E-state index < -0.39 is 5.92 Å². The Morgan fingerprint density at radius 3 is 3.07 bits per heavy atom. The third kappa shape index (κ3) is 3.13. The molecule has 0 radical (unpaired) electrons. The highest BCUT2D eigenvalue weighted by Gasteiger charge is 2.10. The van der Waals surface area contributed by atoms with Gasteiger partial charge in [-0.25, -0.2) is 0 Å². The van der Waals surface area contributed by atoms with Crippen LogP contribution < -0.4 is 5.32 Å². The first-order chi connectivity index (χ1) is 6.63. The summed E-state index contributed by atoms with van der Waals surface area (Å²) in [6.45, 7) is 2.07. The molecule has 0 aromatic carbocycles. The van der Waals surface area contributed by atoms with Crippen molar-refractivity contribution < 1.29 is 4.79 Å². The van der Waals surface area contributed by atoms with Crippen LogP contribution in [0.15, 0.2) is 15.9 Å². The molecule has 1 rings (SSSR count). The van der Waals surface area contributed by atoms with Crippen molar-refractivity contribution in [3.05, 3.63) is 20.8 Å². The molecule has 0 aliphatic carbocycles. The predicted molar refractivity (Wildman–Crippen MR) is 58.6 cm³/mol. The summed E-state index contributed by atoms with van der Waals surface area (Å²) in [5, 5.41) is 13.1. The first-order valence-corrected chi connectivity index (χ1v) is 5.71. The number of carbonyl (C=O) groups is 1. The highest BCUT2D eigenvalue weighted by Crippen LogP contribution is 2.19. The lowest BCUT2D eigenvalue weighted by Crippen LogP contribution is -2.27. The summed E-state index contributed by atoms with van der Waals surface area (Å²) in [6.07, 6.45) is 0. The summed E-state index contributed by atoms with van der Waals surface area (Å²) in [4.78, 5) is 12.3. The number of rotatable bonds is 3. The SMILES string of the molecule is CC(C#N)C(=O)NCc1cc(Br)cs1. The fourth-order valence-corrected chi connectivity index (χ4v) is 2.22. The zero-order valence-corrected chi connectivity index (χ0v) is 9.98. The molecule has 74 valence electrons. The number of thiophene rings is 1. The average molecular weight is 273 g/mol. The van der Waals surface area contributed by atoms with Gasteiger partial charge in [0.25, 0.3) is 0 Å². The van der Waals surface area contributed by atoms with Crippen molar-refractivity contribution in [1.82, 2.24) is 5.32 Å². The standard InChI is InChI=1S/C9H9BrN2OS/c1-6(3-11)9(13)12-4-8-2-7(10)5-14-8/h2,5-6H,4H2,1H3,(H,12,13). The van der Waals surface area contributed by atoms with Gasteiger partial charge >= 0.3 is 0 Å². The van der Waals surface area contributed by atoms with Crippen LogP contribution in [0.1, 0.15) is 11.8 Å². The van der Waals surface area contributed by atoms with Crippen molar-refractivity contribution in [3.63, 3.8) is 0 Å². The molecule has 0 aliphatic rings. The second kappa shape index (κ2) is 5.13. The first-order valence-electron chi connectivity index (χ1n) is 4.03.